The number of carbonyl (C=O) groups excluding carboxylic acids is 1. The Morgan fingerprint density at radius 3 is 3.00 bits per heavy atom. The summed E-state index contributed by atoms with van der Waals surface area (Å²) in [6.45, 7) is 0.838. The molecule has 1 saturated carbocycles. The fourth-order valence-corrected chi connectivity index (χ4v) is 4.69. The van der Waals surface area contributed by atoms with E-state index in [0.717, 1.165) is 50.9 Å². The standard InChI is InChI=1S/C19H26N2O3/c1-23-17-6-2-4-12-13(17)8-9-16(12)21-19(22)20-15-5-3-7-18-14(15)10-11-24-18/h2,4,6,14-16,18H,3,5,7-11H2,1H3,(H2,20,21,22)/t14-,15+,16-,18-/m0/s1. The number of hydrogen-bond donors (Lipinski definition) is 2. The number of urea groups is 1. The van der Waals surface area contributed by atoms with Crippen LogP contribution in [0.1, 0.15) is 49.3 Å². The van der Waals surface area contributed by atoms with Gasteiger partial charge in [-0.2, -0.15) is 0 Å². The lowest BCUT2D eigenvalue weighted by Gasteiger charge is -2.33. The van der Waals surface area contributed by atoms with Gasteiger partial charge in [-0.05, 0) is 55.7 Å². The Balaban J connectivity index is 1.39. The van der Waals surface area contributed by atoms with Gasteiger partial charge in [0.15, 0.2) is 0 Å². The Morgan fingerprint density at radius 1 is 1.21 bits per heavy atom. The molecule has 5 heteroatoms. The minimum atomic E-state index is -0.0479. The van der Waals surface area contributed by atoms with E-state index in [1.807, 2.05) is 12.1 Å². The van der Waals surface area contributed by atoms with Gasteiger partial charge in [0.2, 0.25) is 0 Å². The predicted octanol–water partition coefficient (Wildman–Crippen LogP) is 2.94. The van der Waals surface area contributed by atoms with Crippen LogP contribution < -0.4 is 15.4 Å². The average Bonchev–Trinajstić information content (AvgIpc) is 3.22. The summed E-state index contributed by atoms with van der Waals surface area (Å²) in [5.74, 6) is 1.41. The Labute approximate surface area is 143 Å². The van der Waals surface area contributed by atoms with Gasteiger partial charge >= 0.3 is 6.03 Å². The van der Waals surface area contributed by atoms with Crippen molar-refractivity contribution in [2.75, 3.05) is 13.7 Å². The fourth-order valence-electron chi connectivity index (χ4n) is 4.69. The second-order valence-electron chi connectivity index (χ2n) is 7.14. The SMILES string of the molecule is COc1cccc2c1CC[C@@H]2NC(=O)N[C@@H]1CCC[C@@H]2OCC[C@H]21. The highest BCUT2D eigenvalue weighted by molar-refractivity contribution is 5.75. The minimum absolute atomic E-state index is 0.0479. The van der Waals surface area contributed by atoms with Crippen LogP contribution in [0.3, 0.4) is 0 Å². The van der Waals surface area contributed by atoms with Crippen molar-refractivity contribution in [3.63, 3.8) is 0 Å². The topological polar surface area (TPSA) is 59.6 Å². The maximum atomic E-state index is 12.5. The molecule has 4 rings (SSSR count). The third-order valence-corrected chi connectivity index (χ3v) is 5.85. The Bertz CT molecular complexity index is 619. The molecule has 5 nitrogen and oxygen atoms in total. The fraction of sp³-hybridized carbons (Fsp3) is 0.632. The van der Waals surface area contributed by atoms with Crippen molar-refractivity contribution in [1.29, 1.82) is 0 Å². The van der Waals surface area contributed by atoms with E-state index in [2.05, 4.69) is 16.7 Å². The van der Waals surface area contributed by atoms with Crippen molar-refractivity contribution < 1.29 is 14.3 Å². The smallest absolute Gasteiger partial charge is 0.315 e. The van der Waals surface area contributed by atoms with Crippen LogP contribution in [0.4, 0.5) is 4.79 Å². The molecular formula is C19H26N2O3. The van der Waals surface area contributed by atoms with E-state index in [9.17, 15) is 4.79 Å². The maximum Gasteiger partial charge on any atom is 0.315 e. The zero-order chi connectivity index (χ0) is 16.5. The van der Waals surface area contributed by atoms with Crippen molar-refractivity contribution in [3.05, 3.63) is 29.3 Å². The first-order valence-electron chi connectivity index (χ1n) is 9.10. The number of rotatable bonds is 3. The molecular weight excluding hydrogens is 304 g/mol. The van der Waals surface area contributed by atoms with E-state index >= 15 is 0 Å². The molecule has 2 amide bonds. The van der Waals surface area contributed by atoms with Crippen LogP contribution in [0.15, 0.2) is 18.2 Å². The summed E-state index contributed by atoms with van der Waals surface area (Å²) in [7, 11) is 1.70. The van der Waals surface area contributed by atoms with Crippen LogP contribution >= 0.6 is 0 Å². The van der Waals surface area contributed by atoms with Crippen LogP contribution in [0.2, 0.25) is 0 Å². The molecule has 0 unspecified atom stereocenters. The van der Waals surface area contributed by atoms with Crippen molar-refractivity contribution >= 4 is 6.03 Å². The normalized spacial score (nSPS) is 31.2. The summed E-state index contributed by atoms with van der Waals surface area (Å²) in [6, 6.07) is 6.36. The molecule has 2 fully saturated rings. The first kappa shape index (κ1) is 15.8. The third-order valence-electron chi connectivity index (χ3n) is 5.85. The van der Waals surface area contributed by atoms with Gasteiger partial charge in [-0.15, -0.1) is 0 Å². The lowest BCUT2D eigenvalue weighted by molar-refractivity contribution is 0.0549. The molecule has 4 atom stereocenters. The van der Waals surface area contributed by atoms with Gasteiger partial charge < -0.3 is 20.1 Å². The molecule has 1 aromatic rings. The van der Waals surface area contributed by atoms with Crippen LogP contribution in [0.25, 0.3) is 0 Å². The third kappa shape index (κ3) is 2.86. The molecule has 3 aliphatic rings. The molecule has 0 spiro atoms. The highest BCUT2D eigenvalue weighted by Crippen LogP contribution is 2.37. The van der Waals surface area contributed by atoms with Gasteiger partial charge in [0.05, 0.1) is 19.3 Å². The van der Waals surface area contributed by atoms with Crippen molar-refractivity contribution in [2.24, 2.45) is 5.92 Å². The number of nitrogens with one attached hydrogen (secondary N) is 2. The van der Waals surface area contributed by atoms with Crippen LogP contribution in [0, 0.1) is 5.92 Å². The zero-order valence-corrected chi connectivity index (χ0v) is 14.2. The molecule has 1 heterocycles. The number of amides is 2. The van der Waals surface area contributed by atoms with Gasteiger partial charge in [-0.25, -0.2) is 4.79 Å². The highest BCUT2D eigenvalue weighted by Gasteiger charge is 2.38. The van der Waals surface area contributed by atoms with E-state index < -0.39 is 0 Å². The second kappa shape index (κ2) is 6.63. The molecule has 0 bridgehead atoms. The molecule has 130 valence electrons. The minimum Gasteiger partial charge on any atom is -0.496 e. The summed E-state index contributed by atoms with van der Waals surface area (Å²) in [6.07, 6.45) is 6.64. The number of ether oxygens (including phenoxy) is 2. The van der Waals surface area contributed by atoms with E-state index in [1.54, 1.807) is 7.11 Å². The number of fused-ring (bicyclic) bond motifs is 2. The summed E-state index contributed by atoms with van der Waals surface area (Å²) in [5, 5.41) is 6.38. The summed E-state index contributed by atoms with van der Waals surface area (Å²) in [4.78, 5) is 12.5. The van der Waals surface area contributed by atoms with Gasteiger partial charge in [-0.1, -0.05) is 12.1 Å². The highest BCUT2D eigenvalue weighted by atomic mass is 16.5. The zero-order valence-electron chi connectivity index (χ0n) is 14.2. The molecule has 1 saturated heterocycles. The summed E-state index contributed by atoms with van der Waals surface area (Å²) >= 11 is 0. The predicted molar refractivity (Wildman–Crippen MR) is 91.2 cm³/mol. The Morgan fingerprint density at radius 2 is 2.12 bits per heavy atom. The van der Waals surface area contributed by atoms with E-state index in [-0.39, 0.29) is 18.1 Å². The first-order chi connectivity index (χ1) is 11.8. The van der Waals surface area contributed by atoms with Crippen molar-refractivity contribution in [3.8, 4) is 5.75 Å². The molecule has 2 N–H and O–H groups in total. The van der Waals surface area contributed by atoms with Crippen molar-refractivity contribution in [2.45, 2.75) is 56.7 Å². The van der Waals surface area contributed by atoms with Gasteiger partial charge in [0, 0.05) is 18.6 Å². The first-order valence-corrected chi connectivity index (χ1v) is 9.10. The van der Waals surface area contributed by atoms with Crippen LogP contribution in [-0.2, 0) is 11.2 Å². The molecule has 2 aliphatic carbocycles. The Kier molecular flexibility index (Phi) is 4.35. The summed E-state index contributed by atoms with van der Waals surface area (Å²) < 4.78 is 11.2. The van der Waals surface area contributed by atoms with Crippen molar-refractivity contribution in [1.82, 2.24) is 10.6 Å². The average molecular weight is 330 g/mol. The van der Waals surface area contributed by atoms with Gasteiger partial charge in [0.25, 0.3) is 0 Å². The molecule has 1 aromatic carbocycles. The lowest BCUT2D eigenvalue weighted by Crippen LogP contribution is -2.49. The number of benzene rings is 1. The van der Waals surface area contributed by atoms with E-state index in [4.69, 9.17) is 9.47 Å². The van der Waals surface area contributed by atoms with Gasteiger partial charge in [-0.3, -0.25) is 0 Å². The maximum absolute atomic E-state index is 12.5. The van der Waals surface area contributed by atoms with E-state index in [1.165, 1.54) is 11.1 Å². The van der Waals surface area contributed by atoms with E-state index in [0.29, 0.717) is 12.0 Å². The summed E-state index contributed by atoms with van der Waals surface area (Å²) in [5.41, 5.74) is 2.42. The molecule has 0 aromatic heterocycles. The monoisotopic (exact) mass is 330 g/mol. The molecule has 24 heavy (non-hydrogen) atoms. The second-order valence-corrected chi connectivity index (χ2v) is 7.14. The lowest BCUT2D eigenvalue weighted by atomic mass is 9.82. The number of hydrogen-bond acceptors (Lipinski definition) is 3. The molecule has 0 radical (unpaired) electrons. The van der Waals surface area contributed by atoms with Crippen LogP contribution in [0.5, 0.6) is 5.75 Å². The largest absolute Gasteiger partial charge is 0.496 e. The quantitative estimate of drug-likeness (QED) is 0.896. The van der Waals surface area contributed by atoms with Crippen LogP contribution in [-0.4, -0.2) is 31.9 Å². The Hall–Kier alpha value is -1.75. The molecule has 1 aliphatic heterocycles. The number of methoxy groups -OCH3 is 1. The van der Waals surface area contributed by atoms with Gasteiger partial charge in [0.1, 0.15) is 5.75 Å². The number of carbonyl (C=O) groups is 1.